The lowest BCUT2D eigenvalue weighted by atomic mass is 10.3. The van der Waals surface area contributed by atoms with E-state index in [0.29, 0.717) is 23.1 Å². The first kappa shape index (κ1) is 11.5. The quantitative estimate of drug-likeness (QED) is 0.847. The molecule has 0 atom stereocenters. The maximum absolute atomic E-state index is 8.79. The van der Waals surface area contributed by atoms with Gasteiger partial charge >= 0.3 is 0 Å². The Kier molecular flexibility index (Phi) is 3.31. The Labute approximate surface area is 104 Å². The van der Waals surface area contributed by atoms with Crippen LogP contribution in [0.2, 0.25) is 5.15 Å². The van der Waals surface area contributed by atoms with Crippen LogP contribution in [0.25, 0.3) is 0 Å². The maximum Gasteiger partial charge on any atom is 0.132 e. The van der Waals surface area contributed by atoms with Gasteiger partial charge in [-0.2, -0.15) is 5.26 Å². The normalized spacial score (nSPS) is 9.94. The zero-order chi connectivity index (χ0) is 12.3. The first-order valence-electron chi connectivity index (χ1n) is 5.04. The Morgan fingerprint density at radius 3 is 2.94 bits per heavy atom. The van der Waals surface area contributed by atoms with Crippen LogP contribution in [0, 0.1) is 18.3 Å². The fraction of sp³-hybridized carbons (Fsp3) is 0.167. The van der Waals surface area contributed by atoms with Gasteiger partial charge in [0, 0.05) is 0 Å². The van der Waals surface area contributed by atoms with Gasteiger partial charge in [-0.3, -0.25) is 0 Å². The van der Waals surface area contributed by atoms with Crippen molar-refractivity contribution >= 4 is 17.4 Å². The van der Waals surface area contributed by atoms with Gasteiger partial charge in [0.1, 0.15) is 22.5 Å². The minimum absolute atomic E-state index is 0.294. The number of anilines is 1. The van der Waals surface area contributed by atoms with Gasteiger partial charge in [0.15, 0.2) is 0 Å². The second kappa shape index (κ2) is 4.89. The van der Waals surface area contributed by atoms with Gasteiger partial charge in [-0.25, -0.2) is 4.98 Å². The van der Waals surface area contributed by atoms with Crippen LogP contribution in [0.5, 0.6) is 0 Å². The van der Waals surface area contributed by atoms with E-state index < -0.39 is 0 Å². The molecule has 86 valence electrons. The first-order valence-corrected chi connectivity index (χ1v) is 5.42. The van der Waals surface area contributed by atoms with E-state index in [4.69, 9.17) is 21.3 Å². The summed E-state index contributed by atoms with van der Waals surface area (Å²) < 4.78 is 5.40. The van der Waals surface area contributed by atoms with Crippen molar-refractivity contribution in [3.05, 3.63) is 46.5 Å². The number of rotatable bonds is 3. The molecule has 2 aromatic heterocycles. The van der Waals surface area contributed by atoms with Crippen molar-refractivity contribution < 1.29 is 4.42 Å². The van der Waals surface area contributed by atoms with Crippen molar-refractivity contribution in [3.8, 4) is 6.07 Å². The maximum atomic E-state index is 8.79. The van der Waals surface area contributed by atoms with Gasteiger partial charge < -0.3 is 9.73 Å². The van der Waals surface area contributed by atoms with Crippen molar-refractivity contribution in [2.45, 2.75) is 13.5 Å². The molecule has 2 heterocycles. The Morgan fingerprint density at radius 2 is 2.29 bits per heavy atom. The number of aromatic nitrogens is 1. The van der Waals surface area contributed by atoms with Crippen LogP contribution >= 0.6 is 11.6 Å². The predicted octanol–water partition coefficient (Wildman–Crippen LogP) is 3.12. The molecule has 0 saturated heterocycles. The van der Waals surface area contributed by atoms with Crippen molar-refractivity contribution in [1.29, 1.82) is 5.26 Å². The van der Waals surface area contributed by atoms with Crippen LogP contribution in [0.4, 0.5) is 5.82 Å². The number of nitrogens with one attached hydrogen (secondary N) is 1. The highest BCUT2D eigenvalue weighted by Crippen LogP contribution is 2.15. The smallest absolute Gasteiger partial charge is 0.132 e. The molecule has 1 N–H and O–H groups in total. The lowest BCUT2D eigenvalue weighted by Gasteiger charge is -2.04. The molecule has 4 nitrogen and oxygen atoms in total. The van der Waals surface area contributed by atoms with Crippen LogP contribution in [-0.2, 0) is 6.54 Å². The van der Waals surface area contributed by atoms with E-state index >= 15 is 0 Å². The van der Waals surface area contributed by atoms with E-state index in [2.05, 4.69) is 10.3 Å². The van der Waals surface area contributed by atoms with Crippen LogP contribution < -0.4 is 5.32 Å². The SMILES string of the molecule is Cc1ccc(CNc2cc(C#N)cc(Cl)n2)o1. The van der Waals surface area contributed by atoms with E-state index in [0.717, 1.165) is 11.5 Å². The number of pyridine rings is 1. The predicted molar refractivity (Wildman–Crippen MR) is 64.7 cm³/mol. The van der Waals surface area contributed by atoms with Gasteiger partial charge in [0.2, 0.25) is 0 Å². The summed E-state index contributed by atoms with van der Waals surface area (Å²) in [5, 5.41) is 12.1. The lowest BCUT2D eigenvalue weighted by molar-refractivity contribution is 0.490. The molecule has 0 bridgehead atoms. The summed E-state index contributed by atoms with van der Waals surface area (Å²) in [7, 11) is 0. The van der Waals surface area contributed by atoms with Gasteiger partial charge in [-0.1, -0.05) is 11.6 Å². The fourth-order valence-corrected chi connectivity index (χ4v) is 1.62. The van der Waals surface area contributed by atoms with Gasteiger partial charge in [0.25, 0.3) is 0 Å². The van der Waals surface area contributed by atoms with E-state index in [9.17, 15) is 0 Å². The van der Waals surface area contributed by atoms with Crippen molar-refractivity contribution in [1.82, 2.24) is 4.98 Å². The monoisotopic (exact) mass is 247 g/mol. The second-order valence-corrected chi connectivity index (χ2v) is 3.93. The van der Waals surface area contributed by atoms with Crippen molar-refractivity contribution in [3.63, 3.8) is 0 Å². The third-order valence-electron chi connectivity index (χ3n) is 2.16. The van der Waals surface area contributed by atoms with Gasteiger partial charge in [-0.05, 0) is 31.2 Å². The molecule has 0 unspecified atom stereocenters. The summed E-state index contributed by atoms with van der Waals surface area (Å²) >= 11 is 5.79. The number of hydrogen-bond donors (Lipinski definition) is 1. The molecule has 2 rings (SSSR count). The molecule has 0 aliphatic heterocycles. The first-order chi connectivity index (χ1) is 8.17. The number of nitrogens with zero attached hydrogens (tertiary/aromatic N) is 2. The van der Waals surface area contributed by atoms with E-state index in [1.165, 1.54) is 6.07 Å². The molecule has 2 aromatic rings. The van der Waals surface area contributed by atoms with E-state index in [-0.39, 0.29) is 0 Å². The lowest BCUT2D eigenvalue weighted by Crippen LogP contribution is -2.00. The molecule has 0 aliphatic carbocycles. The molecular formula is C12H10ClN3O. The number of nitriles is 1. The van der Waals surface area contributed by atoms with E-state index in [1.54, 1.807) is 6.07 Å². The van der Waals surface area contributed by atoms with Crippen LogP contribution in [0.15, 0.2) is 28.7 Å². The highest BCUT2D eigenvalue weighted by molar-refractivity contribution is 6.29. The third-order valence-corrected chi connectivity index (χ3v) is 2.36. The Morgan fingerprint density at radius 1 is 1.47 bits per heavy atom. The summed E-state index contributed by atoms with van der Waals surface area (Å²) in [5.41, 5.74) is 0.475. The topological polar surface area (TPSA) is 61.9 Å². The average molecular weight is 248 g/mol. The van der Waals surface area contributed by atoms with E-state index in [1.807, 2.05) is 25.1 Å². The van der Waals surface area contributed by atoms with Gasteiger partial charge in [-0.15, -0.1) is 0 Å². The van der Waals surface area contributed by atoms with Crippen LogP contribution in [-0.4, -0.2) is 4.98 Å². The Balaban J connectivity index is 2.09. The molecule has 0 aliphatic rings. The van der Waals surface area contributed by atoms with Crippen LogP contribution in [0.1, 0.15) is 17.1 Å². The third kappa shape index (κ3) is 2.99. The number of furan rings is 1. The van der Waals surface area contributed by atoms with Crippen LogP contribution in [0.3, 0.4) is 0 Å². The minimum Gasteiger partial charge on any atom is -0.465 e. The Bertz CT molecular complexity index is 571. The summed E-state index contributed by atoms with van der Waals surface area (Å²) in [5.74, 6) is 2.23. The minimum atomic E-state index is 0.294. The molecule has 17 heavy (non-hydrogen) atoms. The zero-order valence-electron chi connectivity index (χ0n) is 9.20. The molecular weight excluding hydrogens is 238 g/mol. The number of aryl methyl sites for hydroxylation is 1. The summed E-state index contributed by atoms with van der Waals surface area (Å²) in [6, 6.07) is 8.96. The molecule has 0 spiro atoms. The average Bonchev–Trinajstić information content (AvgIpc) is 2.72. The molecule has 0 amide bonds. The number of hydrogen-bond acceptors (Lipinski definition) is 4. The highest BCUT2D eigenvalue weighted by atomic mass is 35.5. The molecule has 5 heteroatoms. The second-order valence-electron chi connectivity index (χ2n) is 3.54. The molecule has 0 saturated carbocycles. The fourth-order valence-electron chi connectivity index (χ4n) is 1.41. The molecule has 0 aromatic carbocycles. The summed E-state index contributed by atoms with van der Waals surface area (Å²) in [6.07, 6.45) is 0. The molecule has 0 fully saturated rings. The zero-order valence-corrected chi connectivity index (χ0v) is 9.95. The van der Waals surface area contributed by atoms with Crippen molar-refractivity contribution in [2.24, 2.45) is 0 Å². The summed E-state index contributed by atoms with van der Waals surface area (Å²) in [6.45, 7) is 2.39. The van der Waals surface area contributed by atoms with Gasteiger partial charge in [0.05, 0.1) is 18.2 Å². The van der Waals surface area contributed by atoms with Crippen molar-refractivity contribution in [2.75, 3.05) is 5.32 Å². The number of halogens is 1. The highest BCUT2D eigenvalue weighted by Gasteiger charge is 2.02. The molecule has 0 radical (unpaired) electrons. The Hall–Kier alpha value is -1.99. The summed E-state index contributed by atoms with van der Waals surface area (Å²) in [4.78, 5) is 4.07. The largest absolute Gasteiger partial charge is 0.465 e. The standard InChI is InChI=1S/C12H10ClN3O/c1-8-2-3-10(17-8)7-15-12-5-9(6-14)4-11(13)16-12/h2-5H,7H2,1H3,(H,15,16).